The molecule has 3 heterocycles. The molecule has 0 bridgehead atoms. The van der Waals surface area contributed by atoms with Crippen LogP contribution in [0.15, 0.2) is 35.6 Å². The summed E-state index contributed by atoms with van der Waals surface area (Å²) in [5.41, 5.74) is 1.28. The molecule has 34 heavy (non-hydrogen) atoms. The number of benzene rings is 1. The Bertz CT molecular complexity index is 1220. The van der Waals surface area contributed by atoms with E-state index in [1.54, 1.807) is 19.1 Å². The second-order valence-electron chi connectivity index (χ2n) is 9.33. The highest BCUT2D eigenvalue weighted by atomic mass is 32.1. The largest absolute Gasteiger partial charge is 0.483 e. The number of halogens is 1. The molecule has 7 nitrogen and oxygen atoms in total. The molecule has 0 spiro atoms. The normalized spacial score (nSPS) is 28.5. The molecule has 178 valence electrons. The van der Waals surface area contributed by atoms with Crippen LogP contribution in [0.2, 0.25) is 0 Å². The van der Waals surface area contributed by atoms with Crippen molar-refractivity contribution >= 4 is 34.1 Å². The highest BCUT2D eigenvalue weighted by Gasteiger charge is 2.54. The molecule has 2 aromatic rings. The number of ketones is 1. The molecule has 5 unspecified atom stereocenters. The first-order valence-electron chi connectivity index (χ1n) is 11.3. The van der Waals surface area contributed by atoms with E-state index < -0.39 is 23.7 Å². The zero-order chi connectivity index (χ0) is 24.3. The minimum Gasteiger partial charge on any atom is -0.483 e. The summed E-state index contributed by atoms with van der Waals surface area (Å²) in [5, 5.41) is 0.257. The van der Waals surface area contributed by atoms with E-state index >= 15 is 0 Å². The smallest absolute Gasteiger partial charge is 0.350 e. The van der Waals surface area contributed by atoms with Crippen molar-refractivity contribution < 1.29 is 28.2 Å². The molecule has 2 aliphatic heterocycles. The van der Waals surface area contributed by atoms with E-state index in [-0.39, 0.29) is 39.1 Å². The lowest BCUT2D eigenvalue weighted by Crippen LogP contribution is -2.43. The summed E-state index contributed by atoms with van der Waals surface area (Å²) < 4.78 is 24.8. The predicted molar refractivity (Wildman–Crippen MR) is 123 cm³/mol. The monoisotopic (exact) mass is 484 g/mol. The number of esters is 1. The topological polar surface area (TPSA) is 85.8 Å². The zero-order valence-electron chi connectivity index (χ0n) is 19.3. The van der Waals surface area contributed by atoms with Gasteiger partial charge in [0.2, 0.25) is 0 Å². The molecular weight excluding hydrogens is 459 g/mol. The maximum Gasteiger partial charge on any atom is 0.350 e. The third-order valence-corrected chi connectivity index (χ3v) is 8.40. The Hall–Kier alpha value is -3.07. The Kier molecular flexibility index (Phi) is 5.55. The highest BCUT2D eigenvalue weighted by molar-refractivity contribution is 7.17. The summed E-state index contributed by atoms with van der Waals surface area (Å²) in [4.78, 5) is 45.8. The van der Waals surface area contributed by atoms with Crippen LogP contribution in [0.5, 0.6) is 0 Å². The fraction of sp³-hybridized carbons (Fsp3) is 0.440. The van der Waals surface area contributed by atoms with E-state index in [1.807, 2.05) is 0 Å². The van der Waals surface area contributed by atoms with E-state index in [9.17, 15) is 18.8 Å². The van der Waals surface area contributed by atoms with Gasteiger partial charge >= 0.3 is 5.97 Å². The highest BCUT2D eigenvalue weighted by Crippen LogP contribution is 2.50. The number of aryl methyl sites for hydroxylation is 1. The van der Waals surface area contributed by atoms with Crippen molar-refractivity contribution in [3.8, 4) is 0 Å². The summed E-state index contributed by atoms with van der Waals surface area (Å²) in [6, 6.07) is 4.89. The second-order valence-corrected chi connectivity index (χ2v) is 10.3. The molecule has 1 amide bonds. The summed E-state index contributed by atoms with van der Waals surface area (Å²) >= 11 is 1.02. The van der Waals surface area contributed by atoms with Crippen LogP contribution in [0.1, 0.15) is 53.7 Å². The third-order valence-electron chi connectivity index (χ3n) is 7.26. The predicted octanol–water partition coefficient (Wildman–Crippen LogP) is 4.37. The molecule has 0 N–H and O–H groups in total. The molecule has 5 rings (SSSR count). The molecule has 1 aromatic heterocycles. The molecule has 0 saturated heterocycles. The minimum atomic E-state index is -0.817. The van der Waals surface area contributed by atoms with Crippen LogP contribution in [-0.4, -0.2) is 35.9 Å². The van der Waals surface area contributed by atoms with E-state index in [0.717, 1.165) is 11.3 Å². The van der Waals surface area contributed by atoms with Crippen LogP contribution in [-0.2, 0) is 19.1 Å². The summed E-state index contributed by atoms with van der Waals surface area (Å²) in [7, 11) is 1.28. The Morgan fingerprint density at radius 3 is 2.53 bits per heavy atom. The van der Waals surface area contributed by atoms with Gasteiger partial charge in [0.05, 0.1) is 30.3 Å². The lowest BCUT2D eigenvalue weighted by Gasteiger charge is -2.40. The Morgan fingerprint density at radius 2 is 1.85 bits per heavy atom. The number of Topliss-reactive ketones (excluding diaryl/α,β-unsaturated/α-hetero) is 1. The van der Waals surface area contributed by atoms with Gasteiger partial charge in [-0.15, -0.1) is 0 Å². The summed E-state index contributed by atoms with van der Waals surface area (Å²) in [6.07, 6.45) is 1.04. The molecule has 1 saturated carbocycles. The standard InChI is InChI=1S/C25H25FN2O5S/c1-11-9-16-17(10-12(11)2)33-21-18(20(16)29)19(14-5-7-15(26)8-6-14)28(23(21)30)25-27-13(3)22(34-25)24(31)32-4/h5-8,11-12,16-17,19H,9-10H2,1-4H3. The van der Waals surface area contributed by atoms with Gasteiger partial charge in [0.1, 0.15) is 16.8 Å². The first kappa shape index (κ1) is 22.7. The average molecular weight is 485 g/mol. The number of thiazole rings is 1. The third kappa shape index (κ3) is 3.45. The van der Waals surface area contributed by atoms with Gasteiger partial charge in [-0.3, -0.25) is 14.5 Å². The molecule has 9 heteroatoms. The van der Waals surface area contributed by atoms with Gasteiger partial charge < -0.3 is 9.47 Å². The van der Waals surface area contributed by atoms with Gasteiger partial charge in [-0.1, -0.05) is 37.3 Å². The van der Waals surface area contributed by atoms with E-state index in [1.165, 1.54) is 24.1 Å². The lowest BCUT2D eigenvalue weighted by atomic mass is 9.70. The molecule has 1 fully saturated rings. The Morgan fingerprint density at radius 1 is 1.18 bits per heavy atom. The molecule has 3 aliphatic rings. The van der Waals surface area contributed by atoms with Crippen LogP contribution in [0.25, 0.3) is 0 Å². The summed E-state index contributed by atoms with van der Waals surface area (Å²) in [5.74, 6) is -1.11. The van der Waals surface area contributed by atoms with Crippen molar-refractivity contribution in [1.29, 1.82) is 0 Å². The first-order valence-corrected chi connectivity index (χ1v) is 12.1. The number of hydrogen-bond donors (Lipinski definition) is 0. The quantitative estimate of drug-likeness (QED) is 0.602. The molecule has 0 radical (unpaired) electrons. The number of ether oxygens (including phenoxy) is 2. The van der Waals surface area contributed by atoms with Crippen LogP contribution in [0.3, 0.4) is 0 Å². The van der Waals surface area contributed by atoms with Gasteiger partial charge in [-0.2, -0.15) is 0 Å². The van der Waals surface area contributed by atoms with Crippen LogP contribution < -0.4 is 4.90 Å². The lowest BCUT2D eigenvalue weighted by molar-refractivity contribution is -0.134. The van der Waals surface area contributed by atoms with Crippen LogP contribution >= 0.6 is 11.3 Å². The van der Waals surface area contributed by atoms with Crippen molar-refractivity contribution in [2.75, 3.05) is 12.0 Å². The fourth-order valence-electron chi connectivity index (χ4n) is 5.19. The number of aromatic nitrogens is 1. The maximum absolute atomic E-state index is 13.8. The Balaban J connectivity index is 1.63. The molecule has 1 aromatic carbocycles. The van der Waals surface area contributed by atoms with Crippen LogP contribution in [0, 0.1) is 30.5 Å². The van der Waals surface area contributed by atoms with E-state index in [4.69, 9.17) is 9.47 Å². The van der Waals surface area contributed by atoms with Crippen LogP contribution in [0.4, 0.5) is 9.52 Å². The number of methoxy groups -OCH3 is 1. The van der Waals surface area contributed by atoms with Gasteiger partial charge in [0.15, 0.2) is 16.7 Å². The minimum absolute atomic E-state index is 0.0369. The van der Waals surface area contributed by atoms with Gasteiger partial charge in [0.25, 0.3) is 5.91 Å². The first-order chi connectivity index (χ1) is 16.2. The van der Waals surface area contributed by atoms with Gasteiger partial charge in [-0.05, 0) is 49.3 Å². The SMILES string of the molecule is COC(=O)c1sc(N2C(=O)C3=C(C(=O)C4CC(C)C(C)CC4O3)C2c2ccc(F)cc2)nc1C. The molecular formula is C25H25FN2O5S. The summed E-state index contributed by atoms with van der Waals surface area (Å²) in [6.45, 7) is 5.93. The number of anilines is 1. The van der Waals surface area contributed by atoms with E-state index in [2.05, 4.69) is 18.8 Å². The Labute approximate surface area is 200 Å². The average Bonchev–Trinajstić information content (AvgIpc) is 3.33. The number of nitrogens with zero attached hydrogens (tertiary/aromatic N) is 2. The van der Waals surface area contributed by atoms with Crippen molar-refractivity contribution in [2.24, 2.45) is 17.8 Å². The van der Waals surface area contributed by atoms with E-state index in [0.29, 0.717) is 35.9 Å². The van der Waals surface area contributed by atoms with Crippen molar-refractivity contribution in [3.05, 3.63) is 57.5 Å². The van der Waals surface area contributed by atoms with Crippen molar-refractivity contribution in [1.82, 2.24) is 4.98 Å². The van der Waals surface area contributed by atoms with Gasteiger partial charge in [-0.25, -0.2) is 14.2 Å². The van der Waals surface area contributed by atoms with Crippen molar-refractivity contribution in [2.45, 2.75) is 45.8 Å². The molecule has 5 atom stereocenters. The number of amides is 1. The van der Waals surface area contributed by atoms with Crippen molar-refractivity contribution in [3.63, 3.8) is 0 Å². The second kappa shape index (κ2) is 8.30. The fourth-order valence-corrected chi connectivity index (χ4v) is 6.20. The maximum atomic E-state index is 13.8. The molecule has 1 aliphatic carbocycles. The number of fused-ring (bicyclic) bond motifs is 1. The number of hydrogen-bond acceptors (Lipinski definition) is 7. The van der Waals surface area contributed by atoms with Gasteiger partial charge in [0, 0.05) is 0 Å². The number of rotatable bonds is 3. The zero-order valence-corrected chi connectivity index (χ0v) is 20.1. The number of carbonyl (C=O) groups is 3. The number of carbonyl (C=O) groups excluding carboxylic acids is 3.